The van der Waals surface area contributed by atoms with Gasteiger partial charge in [0.1, 0.15) is 5.75 Å². The summed E-state index contributed by atoms with van der Waals surface area (Å²) in [5.74, 6) is 3.32. The first-order valence-electron chi connectivity index (χ1n) is 8.38. The molecule has 2 aromatic rings. The molecule has 1 fully saturated rings. The van der Waals surface area contributed by atoms with Crippen LogP contribution in [0.25, 0.3) is 11.5 Å². The number of methoxy groups -OCH3 is 1. The molecule has 1 heterocycles. The third kappa shape index (κ3) is 3.55. The number of nitrogens with zero attached hydrogens (tertiary/aromatic N) is 2. The number of rotatable bonds is 5. The van der Waals surface area contributed by atoms with Gasteiger partial charge in [-0.05, 0) is 30.4 Å². The van der Waals surface area contributed by atoms with Gasteiger partial charge in [0.25, 0.3) is 5.89 Å². The molecule has 1 aliphatic rings. The molecule has 0 bridgehead atoms. The molecule has 1 aromatic carbocycles. The molecule has 5 heteroatoms. The fraction of sp³-hybridized carbons (Fsp3) is 0.556. The first-order chi connectivity index (χ1) is 11.2. The van der Waals surface area contributed by atoms with Gasteiger partial charge in [-0.3, -0.25) is 0 Å². The van der Waals surface area contributed by atoms with E-state index in [-0.39, 0.29) is 0 Å². The Morgan fingerprint density at radius 2 is 2.04 bits per heavy atom. The van der Waals surface area contributed by atoms with Crippen molar-refractivity contribution in [3.63, 3.8) is 0 Å². The van der Waals surface area contributed by atoms with Gasteiger partial charge in [-0.1, -0.05) is 38.8 Å². The zero-order chi connectivity index (χ0) is 16.2. The van der Waals surface area contributed by atoms with Gasteiger partial charge in [-0.15, -0.1) is 10.2 Å². The molecule has 1 aliphatic carbocycles. The molecule has 5 nitrogen and oxygen atoms in total. The van der Waals surface area contributed by atoms with Crippen molar-refractivity contribution in [2.45, 2.75) is 45.7 Å². The minimum absolute atomic E-state index is 0.504. The normalized spacial score (nSPS) is 24.6. The zero-order valence-corrected chi connectivity index (χ0v) is 14.1. The van der Waals surface area contributed by atoms with Gasteiger partial charge in [-0.2, -0.15) is 0 Å². The minimum Gasteiger partial charge on any atom is -0.496 e. The van der Waals surface area contributed by atoms with Crippen molar-refractivity contribution in [1.29, 1.82) is 0 Å². The van der Waals surface area contributed by atoms with Crippen LogP contribution in [-0.2, 0) is 6.54 Å². The highest BCUT2D eigenvalue weighted by molar-refractivity contribution is 5.62. The zero-order valence-electron chi connectivity index (χ0n) is 14.1. The van der Waals surface area contributed by atoms with Crippen LogP contribution in [0.5, 0.6) is 5.75 Å². The molecular weight excluding hydrogens is 290 g/mol. The Hall–Kier alpha value is -1.88. The van der Waals surface area contributed by atoms with Gasteiger partial charge in [-0.25, -0.2) is 0 Å². The lowest BCUT2D eigenvalue weighted by molar-refractivity contribution is 0.202. The lowest BCUT2D eigenvalue weighted by Crippen LogP contribution is -2.40. The second-order valence-corrected chi connectivity index (χ2v) is 6.46. The van der Waals surface area contributed by atoms with Crippen molar-refractivity contribution < 1.29 is 9.15 Å². The fourth-order valence-electron chi connectivity index (χ4n) is 3.34. The monoisotopic (exact) mass is 315 g/mol. The van der Waals surface area contributed by atoms with Crippen LogP contribution in [0.1, 0.15) is 39.0 Å². The summed E-state index contributed by atoms with van der Waals surface area (Å²) in [5.41, 5.74) is 0.827. The third-order valence-corrected chi connectivity index (χ3v) is 5.03. The van der Waals surface area contributed by atoms with E-state index in [4.69, 9.17) is 9.15 Å². The van der Waals surface area contributed by atoms with Crippen LogP contribution < -0.4 is 10.1 Å². The number of nitrogens with one attached hydrogen (secondary N) is 1. The van der Waals surface area contributed by atoms with E-state index >= 15 is 0 Å². The Balaban J connectivity index is 1.66. The number of para-hydroxylation sites is 1. The second-order valence-electron chi connectivity index (χ2n) is 6.46. The van der Waals surface area contributed by atoms with E-state index < -0.39 is 0 Å². The average molecular weight is 315 g/mol. The molecule has 0 spiro atoms. The summed E-state index contributed by atoms with van der Waals surface area (Å²) in [7, 11) is 1.64. The quantitative estimate of drug-likeness (QED) is 0.912. The highest BCUT2D eigenvalue weighted by Gasteiger charge is 2.27. The summed E-state index contributed by atoms with van der Waals surface area (Å²) in [6.07, 6.45) is 3.84. The lowest BCUT2D eigenvalue weighted by Gasteiger charge is -2.34. The summed E-state index contributed by atoms with van der Waals surface area (Å²) in [5, 5.41) is 11.9. The Morgan fingerprint density at radius 3 is 2.87 bits per heavy atom. The van der Waals surface area contributed by atoms with Gasteiger partial charge in [0.2, 0.25) is 5.89 Å². The van der Waals surface area contributed by atoms with Gasteiger partial charge < -0.3 is 14.5 Å². The van der Waals surface area contributed by atoms with Gasteiger partial charge >= 0.3 is 0 Å². The maximum absolute atomic E-state index is 5.80. The van der Waals surface area contributed by atoms with Gasteiger partial charge in [0, 0.05) is 6.04 Å². The number of benzene rings is 1. The summed E-state index contributed by atoms with van der Waals surface area (Å²) in [6.45, 7) is 5.28. The maximum Gasteiger partial charge on any atom is 0.251 e. The topological polar surface area (TPSA) is 60.2 Å². The second kappa shape index (κ2) is 7.13. The van der Waals surface area contributed by atoms with E-state index in [0.29, 0.717) is 30.3 Å². The summed E-state index contributed by atoms with van der Waals surface area (Å²) >= 11 is 0. The first-order valence-corrected chi connectivity index (χ1v) is 8.38. The first kappa shape index (κ1) is 16.0. The van der Waals surface area contributed by atoms with E-state index in [1.165, 1.54) is 19.3 Å². The van der Waals surface area contributed by atoms with Crippen LogP contribution in [0.4, 0.5) is 0 Å². The number of aromatic nitrogens is 2. The average Bonchev–Trinajstić information content (AvgIpc) is 3.05. The van der Waals surface area contributed by atoms with Crippen molar-refractivity contribution in [3.8, 4) is 17.2 Å². The summed E-state index contributed by atoms with van der Waals surface area (Å²) in [6, 6.07) is 8.20. The fourth-order valence-corrected chi connectivity index (χ4v) is 3.34. The number of ether oxygens (including phenoxy) is 1. The Morgan fingerprint density at radius 1 is 1.22 bits per heavy atom. The molecule has 1 aromatic heterocycles. The number of hydrogen-bond acceptors (Lipinski definition) is 5. The van der Waals surface area contributed by atoms with Gasteiger partial charge in [0.15, 0.2) is 0 Å². The number of hydrogen-bond donors (Lipinski definition) is 1. The van der Waals surface area contributed by atoms with Crippen molar-refractivity contribution >= 4 is 0 Å². The van der Waals surface area contributed by atoms with E-state index in [1.54, 1.807) is 7.11 Å². The molecule has 1 N–H and O–H groups in total. The van der Waals surface area contributed by atoms with E-state index in [2.05, 4.69) is 29.4 Å². The Kier molecular flexibility index (Phi) is 4.96. The van der Waals surface area contributed by atoms with E-state index in [9.17, 15) is 0 Å². The van der Waals surface area contributed by atoms with Crippen molar-refractivity contribution in [2.75, 3.05) is 7.11 Å². The van der Waals surface area contributed by atoms with Crippen LogP contribution in [0, 0.1) is 11.8 Å². The highest BCUT2D eigenvalue weighted by Crippen LogP contribution is 2.30. The standard InChI is InChI=1S/C18H25N3O2/c1-12-7-6-9-15(13(12)2)19-11-17-20-21-18(23-17)14-8-4-5-10-16(14)22-3/h4-5,8,10,12-13,15,19H,6-7,9,11H2,1-3H3/t12-,13-,15+/m0/s1. The molecule has 0 aliphatic heterocycles. The van der Waals surface area contributed by atoms with Crippen LogP contribution >= 0.6 is 0 Å². The van der Waals surface area contributed by atoms with Crippen LogP contribution in [0.2, 0.25) is 0 Å². The summed E-state index contributed by atoms with van der Waals surface area (Å²) in [4.78, 5) is 0. The molecule has 0 radical (unpaired) electrons. The van der Waals surface area contributed by atoms with Crippen molar-refractivity contribution in [1.82, 2.24) is 15.5 Å². The molecule has 1 saturated carbocycles. The predicted molar refractivity (Wildman–Crippen MR) is 89.1 cm³/mol. The molecular formula is C18H25N3O2. The maximum atomic E-state index is 5.80. The molecule has 0 amide bonds. The molecule has 3 rings (SSSR count). The predicted octanol–water partition coefficient (Wildman–Crippen LogP) is 3.66. The van der Waals surface area contributed by atoms with Crippen molar-refractivity contribution in [2.24, 2.45) is 11.8 Å². The molecule has 0 unspecified atom stereocenters. The highest BCUT2D eigenvalue weighted by atomic mass is 16.5. The van der Waals surface area contributed by atoms with E-state index in [1.807, 2.05) is 24.3 Å². The van der Waals surface area contributed by atoms with Crippen LogP contribution in [-0.4, -0.2) is 23.3 Å². The molecule has 3 atom stereocenters. The third-order valence-electron chi connectivity index (χ3n) is 5.03. The largest absolute Gasteiger partial charge is 0.496 e. The van der Waals surface area contributed by atoms with Crippen LogP contribution in [0.3, 0.4) is 0 Å². The van der Waals surface area contributed by atoms with Gasteiger partial charge in [0.05, 0.1) is 19.2 Å². The minimum atomic E-state index is 0.504. The Bertz CT molecular complexity index is 641. The SMILES string of the molecule is COc1ccccc1-c1nnc(CN[C@@H]2CCC[C@H](C)[C@@H]2C)o1. The van der Waals surface area contributed by atoms with Crippen LogP contribution in [0.15, 0.2) is 28.7 Å². The smallest absolute Gasteiger partial charge is 0.251 e. The lowest BCUT2D eigenvalue weighted by atomic mass is 9.78. The summed E-state index contributed by atoms with van der Waals surface area (Å²) < 4.78 is 11.1. The van der Waals surface area contributed by atoms with Crippen molar-refractivity contribution in [3.05, 3.63) is 30.2 Å². The molecule has 23 heavy (non-hydrogen) atoms. The van der Waals surface area contributed by atoms with E-state index in [0.717, 1.165) is 17.2 Å². The Labute approximate surface area is 137 Å². The molecule has 0 saturated heterocycles. The molecule has 124 valence electrons.